The Morgan fingerprint density at radius 3 is 1.70 bits per heavy atom. The maximum atomic E-state index is 2.47. The van der Waals surface area contributed by atoms with Crippen LogP contribution in [0, 0.1) is 24.7 Å². The summed E-state index contributed by atoms with van der Waals surface area (Å²) in [6, 6.07) is 4.70. The first-order chi connectivity index (χ1) is 12.7. The van der Waals surface area contributed by atoms with Crippen molar-refractivity contribution in [3.05, 3.63) is 34.4 Å². The van der Waals surface area contributed by atoms with Gasteiger partial charge >= 0.3 is 0 Å². The highest BCUT2D eigenvalue weighted by molar-refractivity contribution is 5.40. The molecule has 0 saturated heterocycles. The molecule has 154 valence electrons. The molecule has 0 amide bonds. The maximum Gasteiger partial charge on any atom is -0.0273 e. The molecule has 1 aliphatic rings. The second-order valence-corrected chi connectivity index (χ2v) is 11.0. The summed E-state index contributed by atoms with van der Waals surface area (Å²) in [5.41, 5.74) is 7.64. The number of rotatable bonds is 12. The molecule has 0 atom stereocenters. The Labute approximate surface area is 170 Å². The summed E-state index contributed by atoms with van der Waals surface area (Å²) in [6.07, 6.45) is 18.1. The van der Waals surface area contributed by atoms with E-state index in [0.717, 1.165) is 5.41 Å². The van der Waals surface area contributed by atoms with E-state index >= 15 is 0 Å². The molecular weight excluding hydrogens is 324 g/mol. The second kappa shape index (κ2) is 10.1. The topological polar surface area (TPSA) is 0 Å². The van der Waals surface area contributed by atoms with Crippen LogP contribution in [0.5, 0.6) is 0 Å². The van der Waals surface area contributed by atoms with E-state index in [1.165, 1.54) is 94.6 Å². The number of hydrogen-bond acceptors (Lipinski definition) is 0. The third-order valence-corrected chi connectivity index (χ3v) is 6.81. The molecule has 0 radical (unpaired) electrons. The van der Waals surface area contributed by atoms with Crippen molar-refractivity contribution in [1.82, 2.24) is 0 Å². The van der Waals surface area contributed by atoms with Gasteiger partial charge in [-0.05, 0) is 98.3 Å². The van der Waals surface area contributed by atoms with Crippen LogP contribution in [-0.2, 0) is 12.8 Å². The third-order valence-electron chi connectivity index (χ3n) is 6.81. The molecule has 1 aromatic rings. The van der Waals surface area contributed by atoms with Crippen LogP contribution in [0.25, 0.3) is 0 Å². The van der Waals surface area contributed by atoms with Crippen molar-refractivity contribution in [3.63, 3.8) is 0 Å². The summed E-state index contributed by atoms with van der Waals surface area (Å²) in [7, 11) is 0. The molecule has 0 aliphatic heterocycles. The molecule has 1 aliphatic carbocycles. The summed E-state index contributed by atoms with van der Waals surface area (Å²) < 4.78 is 0. The van der Waals surface area contributed by atoms with Crippen LogP contribution < -0.4 is 0 Å². The number of aryl methyl sites for hydroxylation is 2. The molecular formula is C27H46. The zero-order valence-corrected chi connectivity index (χ0v) is 19.3. The smallest absolute Gasteiger partial charge is 0.0273 e. The second-order valence-electron chi connectivity index (χ2n) is 11.0. The molecule has 0 N–H and O–H groups in total. The fourth-order valence-electron chi connectivity index (χ4n) is 4.43. The summed E-state index contributed by atoms with van der Waals surface area (Å²) >= 11 is 0. The summed E-state index contributed by atoms with van der Waals surface area (Å²) in [5, 5.41) is 0. The Balaban J connectivity index is 1.76. The van der Waals surface area contributed by atoms with Crippen LogP contribution in [0.4, 0.5) is 0 Å². The van der Waals surface area contributed by atoms with Crippen LogP contribution >= 0.6 is 0 Å². The van der Waals surface area contributed by atoms with Crippen molar-refractivity contribution in [2.75, 3.05) is 0 Å². The van der Waals surface area contributed by atoms with Crippen molar-refractivity contribution in [1.29, 1.82) is 0 Å². The Morgan fingerprint density at radius 1 is 0.741 bits per heavy atom. The number of benzene rings is 1. The van der Waals surface area contributed by atoms with Crippen molar-refractivity contribution >= 4 is 0 Å². The van der Waals surface area contributed by atoms with Gasteiger partial charge in [0.2, 0.25) is 0 Å². The average molecular weight is 371 g/mol. The van der Waals surface area contributed by atoms with Gasteiger partial charge in [0.15, 0.2) is 0 Å². The van der Waals surface area contributed by atoms with Gasteiger partial charge < -0.3 is 0 Å². The Kier molecular flexibility index (Phi) is 8.44. The highest BCUT2D eigenvalue weighted by Crippen LogP contribution is 2.49. The average Bonchev–Trinajstić information content (AvgIpc) is 3.31. The first-order valence-corrected chi connectivity index (χ1v) is 11.8. The lowest BCUT2D eigenvalue weighted by Gasteiger charge is -2.18. The van der Waals surface area contributed by atoms with Crippen LogP contribution in [0.1, 0.15) is 121 Å². The van der Waals surface area contributed by atoms with E-state index < -0.39 is 0 Å². The minimum atomic E-state index is 0.497. The van der Waals surface area contributed by atoms with Crippen LogP contribution in [0.2, 0.25) is 0 Å². The van der Waals surface area contributed by atoms with Gasteiger partial charge in [0.05, 0.1) is 0 Å². The van der Waals surface area contributed by atoms with E-state index in [9.17, 15) is 0 Å². The zero-order chi connectivity index (χ0) is 19.9. The van der Waals surface area contributed by atoms with Gasteiger partial charge in [-0.2, -0.15) is 0 Å². The SMILES string of the molecule is Cc1ccc(C)c(CCCCCC2(C)CC2)c1CCCCCCC(C)(C)C. The predicted molar refractivity (Wildman–Crippen MR) is 122 cm³/mol. The fraction of sp³-hybridized carbons (Fsp3) is 0.778. The van der Waals surface area contributed by atoms with Gasteiger partial charge in [-0.25, -0.2) is 0 Å². The van der Waals surface area contributed by atoms with E-state index in [1.54, 1.807) is 11.1 Å². The Bertz CT molecular complexity index is 568. The monoisotopic (exact) mass is 370 g/mol. The summed E-state index contributed by atoms with van der Waals surface area (Å²) in [5.74, 6) is 0. The third kappa shape index (κ3) is 8.41. The van der Waals surface area contributed by atoms with Crippen LogP contribution in [0.15, 0.2) is 12.1 Å². The molecule has 0 nitrogen and oxygen atoms in total. The van der Waals surface area contributed by atoms with Gasteiger partial charge in [0, 0.05) is 0 Å². The highest BCUT2D eigenvalue weighted by atomic mass is 14.4. The molecule has 0 heteroatoms. The lowest BCUT2D eigenvalue weighted by atomic mass is 9.88. The van der Waals surface area contributed by atoms with Gasteiger partial charge in [-0.15, -0.1) is 0 Å². The molecule has 0 bridgehead atoms. The van der Waals surface area contributed by atoms with E-state index in [2.05, 4.69) is 53.7 Å². The van der Waals surface area contributed by atoms with E-state index in [1.807, 2.05) is 0 Å². The molecule has 0 heterocycles. The lowest BCUT2D eigenvalue weighted by Crippen LogP contribution is -2.04. The van der Waals surface area contributed by atoms with E-state index in [-0.39, 0.29) is 0 Å². The van der Waals surface area contributed by atoms with E-state index in [0.29, 0.717) is 5.41 Å². The molecule has 27 heavy (non-hydrogen) atoms. The van der Waals surface area contributed by atoms with Crippen LogP contribution in [0.3, 0.4) is 0 Å². The summed E-state index contributed by atoms with van der Waals surface area (Å²) in [6.45, 7) is 14.2. The van der Waals surface area contributed by atoms with Gasteiger partial charge in [-0.3, -0.25) is 0 Å². The van der Waals surface area contributed by atoms with Gasteiger partial charge in [0.1, 0.15) is 0 Å². The first-order valence-electron chi connectivity index (χ1n) is 11.8. The highest BCUT2D eigenvalue weighted by Gasteiger charge is 2.35. The number of unbranched alkanes of at least 4 members (excludes halogenated alkanes) is 5. The Morgan fingerprint density at radius 2 is 1.22 bits per heavy atom. The van der Waals surface area contributed by atoms with Crippen molar-refractivity contribution < 1.29 is 0 Å². The van der Waals surface area contributed by atoms with Crippen molar-refractivity contribution in [3.8, 4) is 0 Å². The minimum Gasteiger partial charge on any atom is -0.0602 e. The minimum absolute atomic E-state index is 0.497. The molecule has 2 rings (SSSR count). The fourth-order valence-corrected chi connectivity index (χ4v) is 4.43. The van der Waals surface area contributed by atoms with Gasteiger partial charge in [0.25, 0.3) is 0 Å². The van der Waals surface area contributed by atoms with Crippen molar-refractivity contribution in [2.24, 2.45) is 10.8 Å². The molecule has 0 aromatic heterocycles. The molecule has 0 unspecified atom stereocenters. The molecule has 1 saturated carbocycles. The first kappa shape index (κ1) is 22.5. The predicted octanol–water partition coefficient (Wildman–Crippen LogP) is 8.75. The normalized spacial score (nSPS) is 15.9. The Hall–Kier alpha value is -0.780. The molecule has 1 aromatic carbocycles. The van der Waals surface area contributed by atoms with Gasteiger partial charge in [-0.1, -0.05) is 71.9 Å². The van der Waals surface area contributed by atoms with Crippen LogP contribution in [-0.4, -0.2) is 0 Å². The largest absolute Gasteiger partial charge is 0.0602 e. The summed E-state index contributed by atoms with van der Waals surface area (Å²) in [4.78, 5) is 0. The quantitative estimate of drug-likeness (QED) is 0.322. The lowest BCUT2D eigenvalue weighted by molar-refractivity contribution is 0.357. The standard InChI is InChI=1S/C27H46/c1-22-16-17-23(2)25(15-11-9-13-19-27(6)20-21-27)24(22)14-10-7-8-12-18-26(3,4)5/h16-17H,7-15,18-21H2,1-6H3. The van der Waals surface area contributed by atoms with Crippen molar-refractivity contribution in [2.45, 2.75) is 125 Å². The molecule has 0 spiro atoms. The van der Waals surface area contributed by atoms with E-state index in [4.69, 9.17) is 0 Å². The zero-order valence-electron chi connectivity index (χ0n) is 19.3. The maximum absolute atomic E-state index is 2.47. The number of hydrogen-bond donors (Lipinski definition) is 0. The molecule has 1 fully saturated rings.